The second kappa shape index (κ2) is 6.55. The Balaban J connectivity index is 2.40. The topological polar surface area (TPSA) is 144 Å². The first-order chi connectivity index (χ1) is 10.7. The molecular weight excluding hydrogens is 320 g/mol. The first kappa shape index (κ1) is 17.2. The number of hydrogen-bond donors (Lipinski definition) is 4. The summed E-state index contributed by atoms with van der Waals surface area (Å²) in [5.74, 6) is -1.38. The first-order valence-corrected chi connectivity index (χ1v) is 9.05. The number of sulfone groups is 1. The number of piperidine rings is 1. The average molecular weight is 340 g/mol. The molecule has 0 unspecified atom stereocenters. The highest BCUT2D eigenvalue weighted by atomic mass is 32.2. The van der Waals surface area contributed by atoms with Gasteiger partial charge in [0.05, 0.1) is 16.8 Å². The summed E-state index contributed by atoms with van der Waals surface area (Å²) < 4.78 is 23.8. The highest BCUT2D eigenvalue weighted by Crippen LogP contribution is 2.27. The van der Waals surface area contributed by atoms with E-state index in [4.69, 9.17) is 11.5 Å². The normalized spacial score (nSPS) is 16.0. The molecule has 2 amide bonds. The zero-order valence-electron chi connectivity index (χ0n) is 12.8. The molecule has 0 bridgehead atoms. The maximum Gasteiger partial charge on any atom is 0.253 e. The van der Waals surface area contributed by atoms with Crippen LogP contribution < -0.4 is 22.1 Å². The lowest BCUT2D eigenvalue weighted by molar-refractivity contribution is 0.0928. The highest BCUT2D eigenvalue weighted by molar-refractivity contribution is 7.91. The fourth-order valence-electron chi connectivity index (χ4n) is 2.62. The molecule has 23 heavy (non-hydrogen) atoms. The maximum atomic E-state index is 12.4. The number of carbonyl (C=O) groups excluding carboxylic acids is 2. The smallest absolute Gasteiger partial charge is 0.253 e. The van der Waals surface area contributed by atoms with Crippen LogP contribution in [0.4, 0.5) is 5.69 Å². The van der Waals surface area contributed by atoms with Crippen molar-refractivity contribution in [3.63, 3.8) is 0 Å². The van der Waals surface area contributed by atoms with Gasteiger partial charge in [0.1, 0.15) is 4.90 Å². The van der Waals surface area contributed by atoms with E-state index in [0.717, 1.165) is 32.2 Å². The van der Waals surface area contributed by atoms with Crippen LogP contribution in [0.25, 0.3) is 0 Å². The van der Waals surface area contributed by atoms with Gasteiger partial charge in [0.15, 0.2) is 9.84 Å². The Kier molecular flexibility index (Phi) is 4.90. The molecule has 1 aromatic carbocycles. The van der Waals surface area contributed by atoms with Crippen LogP contribution in [-0.2, 0) is 9.84 Å². The summed E-state index contributed by atoms with van der Waals surface area (Å²) in [5.41, 5.74) is 10.6. The van der Waals surface area contributed by atoms with E-state index in [1.165, 1.54) is 12.1 Å². The number of rotatable bonds is 4. The van der Waals surface area contributed by atoms with Gasteiger partial charge in [-0.1, -0.05) is 0 Å². The van der Waals surface area contributed by atoms with E-state index in [9.17, 15) is 18.0 Å². The highest BCUT2D eigenvalue weighted by Gasteiger charge is 2.26. The molecule has 2 rings (SSSR count). The Morgan fingerprint density at radius 2 is 1.78 bits per heavy atom. The van der Waals surface area contributed by atoms with Gasteiger partial charge in [-0.25, -0.2) is 8.42 Å². The number of carbonyl (C=O) groups is 2. The lowest BCUT2D eigenvalue weighted by Gasteiger charge is -2.24. The van der Waals surface area contributed by atoms with Gasteiger partial charge in [-0.15, -0.1) is 0 Å². The molecule has 6 N–H and O–H groups in total. The molecule has 0 aliphatic carbocycles. The summed E-state index contributed by atoms with van der Waals surface area (Å²) in [7, 11) is -3.81. The largest absolute Gasteiger partial charge is 0.397 e. The van der Waals surface area contributed by atoms with Crippen molar-refractivity contribution in [2.24, 2.45) is 5.73 Å². The Bertz CT molecular complexity index is 739. The monoisotopic (exact) mass is 340 g/mol. The first-order valence-electron chi connectivity index (χ1n) is 7.15. The summed E-state index contributed by atoms with van der Waals surface area (Å²) in [6.45, 7) is 1.60. The Morgan fingerprint density at radius 1 is 1.22 bits per heavy atom. The number of nitrogen functional groups attached to an aromatic ring is 1. The van der Waals surface area contributed by atoms with Crippen molar-refractivity contribution in [3.8, 4) is 0 Å². The minimum absolute atomic E-state index is 0.000602. The van der Waals surface area contributed by atoms with Crippen molar-refractivity contribution in [2.75, 3.05) is 25.1 Å². The van der Waals surface area contributed by atoms with Crippen molar-refractivity contribution < 1.29 is 18.0 Å². The molecule has 1 heterocycles. The quantitative estimate of drug-likeness (QED) is 0.531. The molecular formula is C14H20N4O4S. The number of nitrogens with two attached hydrogens (primary N) is 2. The van der Waals surface area contributed by atoms with Crippen molar-refractivity contribution >= 4 is 27.3 Å². The number of benzene rings is 1. The number of amides is 2. The number of hydrogen-bond acceptors (Lipinski definition) is 6. The molecule has 0 atom stereocenters. The average Bonchev–Trinajstić information content (AvgIpc) is 2.46. The fraction of sp³-hybridized carbons (Fsp3) is 0.429. The fourth-order valence-corrected chi connectivity index (χ4v) is 3.70. The molecule has 0 saturated carbocycles. The van der Waals surface area contributed by atoms with Crippen molar-refractivity contribution in [3.05, 3.63) is 23.3 Å². The Labute approximate surface area is 134 Å². The molecule has 1 saturated heterocycles. The molecule has 0 aromatic heterocycles. The van der Waals surface area contributed by atoms with Gasteiger partial charge < -0.3 is 22.1 Å². The predicted octanol–water partition coefficient (Wildman–Crippen LogP) is -0.747. The van der Waals surface area contributed by atoms with Crippen LogP contribution >= 0.6 is 0 Å². The van der Waals surface area contributed by atoms with Gasteiger partial charge >= 0.3 is 0 Å². The van der Waals surface area contributed by atoms with E-state index in [1.54, 1.807) is 0 Å². The minimum Gasteiger partial charge on any atom is -0.397 e. The van der Waals surface area contributed by atoms with E-state index in [0.29, 0.717) is 0 Å². The third kappa shape index (κ3) is 3.80. The molecule has 8 nitrogen and oxygen atoms in total. The molecule has 126 valence electrons. The summed E-state index contributed by atoms with van der Waals surface area (Å²) >= 11 is 0. The zero-order chi connectivity index (χ0) is 17.2. The molecule has 1 aliphatic rings. The Hall–Kier alpha value is -2.13. The Morgan fingerprint density at radius 3 is 2.30 bits per heavy atom. The number of nitrogens with one attached hydrogen (secondary N) is 2. The van der Waals surface area contributed by atoms with Crippen LogP contribution in [0.1, 0.15) is 33.6 Å². The van der Waals surface area contributed by atoms with E-state index >= 15 is 0 Å². The molecule has 0 spiro atoms. The summed E-state index contributed by atoms with van der Waals surface area (Å²) in [6, 6.07) is 2.54. The van der Waals surface area contributed by atoms with Crippen LogP contribution in [0.15, 0.2) is 17.0 Å². The minimum atomic E-state index is -3.81. The summed E-state index contributed by atoms with van der Waals surface area (Å²) in [4.78, 5) is 23.4. The molecule has 1 aliphatic heterocycles. The van der Waals surface area contributed by atoms with E-state index < -0.39 is 26.5 Å². The lowest BCUT2D eigenvalue weighted by atomic mass is 10.0. The molecule has 9 heteroatoms. The predicted molar refractivity (Wildman–Crippen MR) is 85.8 cm³/mol. The molecule has 1 fully saturated rings. The van der Waals surface area contributed by atoms with E-state index in [1.807, 2.05) is 0 Å². The van der Waals surface area contributed by atoms with E-state index in [2.05, 4.69) is 10.6 Å². The summed E-state index contributed by atoms with van der Waals surface area (Å²) in [6.07, 6.45) is 2.48. The maximum absolute atomic E-state index is 12.4. The van der Waals surface area contributed by atoms with Gasteiger partial charge in [0, 0.05) is 12.3 Å². The second-order valence-corrected chi connectivity index (χ2v) is 7.49. The van der Waals surface area contributed by atoms with Crippen LogP contribution in [0.5, 0.6) is 0 Å². The number of primary amides is 1. The van der Waals surface area contributed by atoms with Crippen molar-refractivity contribution in [2.45, 2.75) is 23.8 Å². The lowest BCUT2D eigenvalue weighted by Crippen LogP contribution is -2.43. The van der Waals surface area contributed by atoms with Crippen LogP contribution in [0.3, 0.4) is 0 Å². The van der Waals surface area contributed by atoms with Gasteiger partial charge in [0.2, 0.25) is 5.91 Å². The summed E-state index contributed by atoms with van der Waals surface area (Å²) in [5, 5.41) is 6.01. The van der Waals surface area contributed by atoms with Gasteiger partial charge in [-0.3, -0.25) is 9.59 Å². The zero-order valence-corrected chi connectivity index (χ0v) is 13.6. The van der Waals surface area contributed by atoms with E-state index in [-0.39, 0.29) is 22.9 Å². The third-order valence-corrected chi connectivity index (χ3v) is 4.93. The second-order valence-electron chi connectivity index (χ2n) is 5.54. The van der Waals surface area contributed by atoms with Crippen molar-refractivity contribution in [1.82, 2.24) is 10.6 Å². The van der Waals surface area contributed by atoms with Gasteiger partial charge in [-0.2, -0.15) is 0 Å². The van der Waals surface area contributed by atoms with Crippen LogP contribution in [0, 0.1) is 0 Å². The van der Waals surface area contributed by atoms with Crippen LogP contribution in [0.2, 0.25) is 0 Å². The standard InChI is InChI=1S/C14H20N4O4S/c1-23(21,22)12-10(13(16)19)3-2-9(11(12)15)14(20)18-8-4-6-17-7-5-8/h2-3,8,17H,4-7,15H2,1H3,(H2,16,19)(H,18,20). The SMILES string of the molecule is CS(=O)(=O)c1c(C(N)=O)ccc(C(=O)NC2CCNCC2)c1N. The van der Waals surface area contributed by atoms with Gasteiger partial charge in [0.25, 0.3) is 5.91 Å². The molecule has 0 radical (unpaired) electrons. The van der Waals surface area contributed by atoms with Crippen molar-refractivity contribution in [1.29, 1.82) is 0 Å². The van der Waals surface area contributed by atoms with Gasteiger partial charge in [-0.05, 0) is 38.1 Å². The molecule has 1 aromatic rings. The third-order valence-electron chi connectivity index (χ3n) is 3.75. The number of anilines is 1. The van der Waals surface area contributed by atoms with Crippen LogP contribution in [-0.4, -0.2) is 45.6 Å².